The van der Waals surface area contributed by atoms with Crippen LogP contribution in [0.25, 0.3) is 0 Å². The molecule has 4 aliphatic heterocycles. The van der Waals surface area contributed by atoms with Crippen LogP contribution in [0.5, 0.6) is 0 Å². The Morgan fingerprint density at radius 1 is 0.575 bits per heavy atom. The second-order valence-electron chi connectivity index (χ2n) is 11.0. The van der Waals surface area contributed by atoms with E-state index in [1.54, 1.807) is 20.8 Å². The molecule has 15 nitrogen and oxygen atoms in total. The molecule has 4 aliphatic rings. The highest BCUT2D eigenvalue weighted by Crippen LogP contribution is 2.33. The SMILES string of the molecule is CO[C@H]1O[C@H](CO)[C@@H](O[C@H]2C[C@@H](O)[C@H](O[C@H]3C[C@@H](O)[C@H](O[C@H]4C[C@@H](O)[C@H](O)[C@@H](C)O4)[C@@H](C)O3)[C@@H](C)O2)[C@H](O)[C@H]1O. The van der Waals surface area contributed by atoms with Crippen LogP contribution in [-0.2, 0) is 37.9 Å². The first-order valence-corrected chi connectivity index (χ1v) is 13.7. The summed E-state index contributed by atoms with van der Waals surface area (Å²) in [7, 11) is 1.30. The van der Waals surface area contributed by atoms with Gasteiger partial charge in [-0.15, -0.1) is 0 Å². The molecule has 0 aliphatic carbocycles. The summed E-state index contributed by atoms with van der Waals surface area (Å²) < 4.78 is 45.5. The molecule has 0 aromatic rings. The maximum Gasteiger partial charge on any atom is 0.186 e. The molecule has 0 saturated carbocycles. The van der Waals surface area contributed by atoms with E-state index in [1.165, 1.54) is 7.11 Å². The van der Waals surface area contributed by atoms with Crippen LogP contribution in [0.2, 0.25) is 0 Å². The quantitative estimate of drug-likeness (QED) is 0.152. The minimum atomic E-state index is -1.44. The Morgan fingerprint density at radius 2 is 1.02 bits per heavy atom. The summed E-state index contributed by atoms with van der Waals surface area (Å²) >= 11 is 0. The lowest BCUT2D eigenvalue weighted by Gasteiger charge is -2.46. The van der Waals surface area contributed by atoms with Gasteiger partial charge in [0.15, 0.2) is 25.2 Å². The van der Waals surface area contributed by atoms with E-state index in [0.29, 0.717) is 0 Å². The first kappa shape index (κ1) is 32.3. The molecule has 7 N–H and O–H groups in total. The number of rotatable bonds is 8. The number of aliphatic hydroxyl groups excluding tert-OH is 7. The minimum absolute atomic E-state index is 0.0284. The zero-order chi connectivity index (χ0) is 29.3. The van der Waals surface area contributed by atoms with Crippen molar-refractivity contribution in [3.63, 3.8) is 0 Å². The lowest BCUT2D eigenvalue weighted by atomic mass is 9.98. The van der Waals surface area contributed by atoms with Crippen molar-refractivity contribution in [3.8, 4) is 0 Å². The van der Waals surface area contributed by atoms with E-state index in [2.05, 4.69) is 0 Å². The molecule has 0 spiro atoms. The Labute approximate surface area is 232 Å². The summed E-state index contributed by atoms with van der Waals surface area (Å²) in [5, 5.41) is 72.0. The van der Waals surface area contributed by atoms with E-state index in [1.807, 2.05) is 0 Å². The highest BCUT2D eigenvalue weighted by atomic mass is 16.8. The third-order valence-electron chi connectivity index (χ3n) is 7.94. The van der Waals surface area contributed by atoms with E-state index in [4.69, 9.17) is 37.9 Å². The molecule has 0 unspecified atom stereocenters. The first-order chi connectivity index (χ1) is 18.9. The van der Waals surface area contributed by atoms with Crippen LogP contribution in [0.1, 0.15) is 40.0 Å². The summed E-state index contributed by atoms with van der Waals surface area (Å²) in [5.41, 5.74) is 0. The van der Waals surface area contributed by atoms with Gasteiger partial charge < -0.3 is 73.6 Å². The Bertz CT molecular complexity index is 753. The Morgan fingerprint density at radius 3 is 1.45 bits per heavy atom. The van der Waals surface area contributed by atoms with Crippen molar-refractivity contribution in [1.82, 2.24) is 0 Å². The monoisotopic (exact) mass is 584 g/mol. The Kier molecular flexibility index (Phi) is 11.1. The van der Waals surface area contributed by atoms with Gasteiger partial charge in [0.25, 0.3) is 0 Å². The molecule has 4 heterocycles. The van der Waals surface area contributed by atoms with Crippen molar-refractivity contribution in [3.05, 3.63) is 0 Å². The molecule has 0 aromatic carbocycles. The molecular formula is C25H44O15. The molecule has 17 atom stereocenters. The van der Waals surface area contributed by atoms with Crippen molar-refractivity contribution in [1.29, 1.82) is 0 Å². The molecule has 4 fully saturated rings. The summed E-state index contributed by atoms with van der Waals surface area (Å²) in [6.07, 6.45) is -16.6. The molecule has 234 valence electrons. The van der Waals surface area contributed by atoms with Crippen LogP contribution in [0.15, 0.2) is 0 Å². The molecule has 4 saturated heterocycles. The van der Waals surface area contributed by atoms with Crippen LogP contribution in [0.3, 0.4) is 0 Å². The number of aliphatic hydroxyl groups is 7. The maximum absolute atomic E-state index is 10.9. The summed E-state index contributed by atoms with van der Waals surface area (Å²) in [6, 6.07) is 0. The van der Waals surface area contributed by atoms with Crippen LogP contribution < -0.4 is 0 Å². The smallest absolute Gasteiger partial charge is 0.186 e. The van der Waals surface area contributed by atoms with Gasteiger partial charge in [-0.25, -0.2) is 0 Å². The van der Waals surface area contributed by atoms with E-state index >= 15 is 0 Å². The second kappa shape index (κ2) is 13.8. The zero-order valence-electron chi connectivity index (χ0n) is 23.0. The fraction of sp³-hybridized carbons (Fsp3) is 1.00. The van der Waals surface area contributed by atoms with Gasteiger partial charge in [-0.05, 0) is 20.8 Å². The topological polar surface area (TPSA) is 215 Å². The third kappa shape index (κ3) is 7.12. The van der Waals surface area contributed by atoms with E-state index in [-0.39, 0.29) is 19.3 Å². The molecule has 0 amide bonds. The van der Waals surface area contributed by atoms with Gasteiger partial charge in [-0.3, -0.25) is 0 Å². The predicted molar refractivity (Wildman–Crippen MR) is 130 cm³/mol. The Balaban J connectivity index is 1.29. The van der Waals surface area contributed by atoms with Crippen molar-refractivity contribution in [2.75, 3.05) is 13.7 Å². The van der Waals surface area contributed by atoms with Gasteiger partial charge >= 0.3 is 0 Å². The van der Waals surface area contributed by atoms with E-state index < -0.39 is 111 Å². The Hall–Kier alpha value is -0.600. The maximum atomic E-state index is 10.9. The largest absolute Gasteiger partial charge is 0.394 e. The number of ether oxygens (including phenoxy) is 8. The van der Waals surface area contributed by atoms with Crippen molar-refractivity contribution < 1.29 is 73.6 Å². The molecule has 0 radical (unpaired) electrons. The fourth-order valence-electron chi connectivity index (χ4n) is 5.66. The highest BCUT2D eigenvalue weighted by Gasteiger charge is 2.49. The van der Waals surface area contributed by atoms with Crippen LogP contribution in [0.4, 0.5) is 0 Å². The van der Waals surface area contributed by atoms with Crippen LogP contribution >= 0.6 is 0 Å². The third-order valence-corrected chi connectivity index (χ3v) is 7.94. The lowest BCUT2D eigenvalue weighted by molar-refractivity contribution is -0.352. The standard InChI is InChI=1S/C25H44O15/c1-9-19(30)12(27)5-16(34-9)38-22-10(2)35-17(6-13(22)28)39-23-11(3)36-18(7-14(23)29)40-24-15(8-26)37-25(33-4)21(32)20(24)31/h9-32H,5-8H2,1-4H3/t9-,10-,11-,12-,13-,14-,15-,16+,17+,18+,19-,20-,21-,22-,23-,24-,25+/m1/s1. The molecule has 0 bridgehead atoms. The fourth-order valence-corrected chi connectivity index (χ4v) is 5.66. The molecule has 15 heteroatoms. The zero-order valence-corrected chi connectivity index (χ0v) is 23.0. The second-order valence-corrected chi connectivity index (χ2v) is 11.0. The van der Waals surface area contributed by atoms with Gasteiger partial charge in [0, 0.05) is 26.4 Å². The van der Waals surface area contributed by atoms with E-state index in [0.717, 1.165) is 0 Å². The van der Waals surface area contributed by atoms with Gasteiger partial charge in [0.05, 0.1) is 43.2 Å². The lowest BCUT2D eigenvalue weighted by Crippen LogP contribution is -2.61. The van der Waals surface area contributed by atoms with Crippen molar-refractivity contribution in [2.45, 2.75) is 145 Å². The van der Waals surface area contributed by atoms with E-state index in [9.17, 15) is 35.7 Å². The minimum Gasteiger partial charge on any atom is -0.394 e. The van der Waals surface area contributed by atoms with Crippen molar-refractivity contribution >= 4 is 0 Å². The normalized spacial score (nSPS) is 52.4. The molecule has 4 rings (SSSR count). The van der Waals surface area contributed by atoms with Crippen LogP contribution in [-0.4, -0.2) is 154 Å². The van der Waals surface area contributed by atoms with Crippen LogP contribution in [0, 0.1) is 0 Å². The van der Waals surface area contributed by atoms with Gasteiger partial charge in [-0.1, -0.05) is 0 Å². The van der Waals surface area contributed by atoms with Gasteiger partial charge in [-0.2, -0.15) is 0 Å². The van der Waals surface area contributed by atoms with Crippen molar-refractivity contribution in [2.24, 2.45) is 0 Å². The highest BCUT2D eigenvalue weighted by molar-refractivity contribution is 4.92. The average Bonchev–Trinajstić information content (AvgIpc) is 2.89. The predicted octanol–water partition coefficient (Wildman–Crippen LogP) is -2.92. The number of methoxy groups -OCH3 is 1. The number of hydrogen-bond acceptors (Lipinski definition) is 15. The first-order valence-electron chi connectivity index (χ1n) is 13.7. The summed E-state index contributed by atoms with van der Waals surface area (Å²) in [4.78, 5) is 0. The molecule has 0 aromatic heterocycles. The average molecular weight is 585 g/mol. The number of hydrogen-bond donors (Lipinski definition) is 7. The summed E-state index contributed by atoms with van der Waals surface area (Å²) in [6.45, 7) is 4.46. The van der Waals surface area contributed by atoms with Gasteiger partial charge in [0.2, 0.25) is 0 Å². The van der Waals surface area contributed by atoms with Gasteiger partial charge in [0.1, 0.15) is 42.7 Å². The molecule has 40 heavy (non-hydrogen) atoms. The molecular weight excluding hydrogens is 540 g/mol. The summed E-state index contributed by atoms with van der Waals surface area (Å²) in [5.74, 6) is 0.